The van der Waals surface area contributed by atoms with Crippen molar-refractivity contribution in [2.75, 3.05) is 0 Å². The summed E-state index contributed by atoms with van der Waals surface area (Å²) in [5.74, 6) is 0.456. The van der Waals surface area contributed by atoms with E-state index >= 15 is 0 Å². The first-order valence-electron chi connectivity index (χ1n) is 5.50. The van der Waals surface area contributed by atoms with Crippen LogP contribution in [-0.4, -0.2) is 15.3 Å². The van der Waals surface area contributed by atoms with E-state index in [-0.39, 0.29) is 12.3 Å². The van der Waals surface area contributed by atoms with Crippen LogP contribution in [0.2, 0.25) is 0 Å². The van der Waals surface area contributed by atoms with Crippen LogP contribution in [0.15, 0.2) is 23.1 Å². The molecule has 17 heavy (non-hydrogen) atoms. The molecule has 0 heterocycles. The number of hydrogen-bond acceptors (Lipinski definition) is 4. The van der Waals surface area contributed by atoms with Gasteiger partial charge in [0.25, 0.3) is 5.69 Å². The van der Waals surface area contributed by atoms with Crippen molar-refractivity contribution in [3.63, 3.8) is 0 Å². The molecule has 0 bridgehead atoms. The number of nitro benzene ring substituents is 1. The Bertz CT molecular complexity index is 407. The van der Waals surface area contributed by atoms with Crippen LogP contribution in [0.1, 0.15) is 26.3 Å². The van der Waals surface area contributed by atoms with Crippen molar-refractivity contribution < 1.29 is 10.0 Å². The predicted octanol–water partition coefficient (Wildman–Crippen LogP) is 3.22. The molecule has 0 saturated heterocycles. The molecule has 0 amide bonds. The van der Waals surface area contributed by atoms with Crippen LogP contribution in [0.3, 0.4) is 0 Å². The molecule has 1 aromatic rings. The van der Waals surface area contributed by atoms with Gasteiger partial charge in [-0.05, 0) is 17.5 Å². The van der Waals surface area contributed by atoms with Gasteiger partial charge in [0.05, 0.1) is 16.4 Å². The summed E-state index contributed by atoms with van der Waals surface area (Å²) >= 11 is 1.50. The highest BCUT2D eigenvalue weighted by Gasteiger charge is 2.18. The maximum Gasteiger partial charge on any atom is 0.283 e. The van der Waals surface area contributed by atoms with Crippen LogP contribution >= 0.6 is 11.8 Å². The largest absolute Gasteiger partial charge is 0.392 e. The first-order valence-corrected chi connectivity index (χ1v) is 6.38. The Morgan fingerprint density at radius 1 is 1.41 bits per heavy atom. The number of nitro groups is 1. The maximum absolute atomic E-state index is 11.0. The van der Waals surface area contributed by atoms with E-state index in [0.717, 1.165) is 0 Å². The number of nitrogens with zero attached hydrogens (tertiary/aromatic N) is 1. The standard InChI is InChI=1S/C12H17NO3S/c1-8(2)9(3)17-12-5-4-10(7-14)6-11(12)13(15)16/h4-6,8-9,14H,7H2,1-3H3. The lowest BCUT2D eigenvalue weighted by Gasteiger charge is -2.15. The fourth-order valence-electron chi connectivity index (χ4n) is 1.24. The summed E-state index contributed by atoms with van der Waals surface area (Å²) in [7, 11) is 0. The van der Waals surface area contributed by atoms with Gasteiger partial charge in [-0.3, -0.25) is 10.1 Å². The molecule has 1 aromatic carbocycles. The second kappa shape index (κ2) is 6.02. The molecule has 0 aliphatic heterocycles. The number of hydrogen-bond donors (Lipinski definition) is 1. The fraction of sp³-hybridized carbons (Fsp3) is 0.500. The van der Waals surface area contributed by atoms with E-state index in [4.69, 9.17) is 5.11 Å². The average molecular weight is 255 g/mol. The van der Waals surface area contributed by atoms with Crippen molar-refractivity contribution in [1.29, 1.82) is 0 Å². The van der Waals surface area contributed by atoms with E-state index in [1.54, 1.807) is 12.1 Å². The third-order valence-electron chi connectivity index (χ3n) is 2.65. The number of aliphatic hydroxyl groups is 1. The minimum atomic E-state index is -0.394. The van der Waals surface area contributed by atoms with Crippen molar-refractivity contribution >= 4 is 17.4 Å². The summed E-state index contributed by atoms with van der Waals surface area (Å²) in [4.78, 5) is 11.2. The van der Waals surface area contributed by atoms with Crippen molar-refractivity contribution in [1.82, 2.24) is 0 Å². The monoisotopic (exact) mass is 255 g/mol. The minimum absolute atomic E-state index is 0.0778. The van der Waals surface area contributed by atoms with E-state index in [2.05, 4.69) is 20.8 Å². The molecule has 0 fully saturated rings. The topological polar surface area (TPSA) is 63.4 Å². The smallest absolute Gasteiger partial charge is 0.283 e. The molecule has 4 nitrogen and oxygen atoms in total. The van der Waals surface area contributed by atoms with Gasteiger partial charge in [0.1, 0.15) is 0 Å². The Kier molecular flexibility index (Phi) is 4.96. The van der Waals surface area contributed by atoms with Gasteiger partial charge in [0.2, 0.25) is 0 Å². The summed E-state index contributed by atoms with van der Waals surface area (Å²) in [6, 6.07) is 4.88. The zero-order valence-electron chi connectivity index (χ0n) is 10.2. The molecule has 0 radical (unpaired) electrons. The van der Waals surface area contributed by atoms with Gasteiger partial charge in [-0.25, -0.2) is 0 Å². The van der Waals surface area contributed by atoms with Crippen molar-refractivity contribution in [3.8, 4) is 0 Å². The molecular weight excluding hydrogens is 238 g/mol. The first-order chi connectivity index (χ1) is 7.95. The van der Waals surface area contributed by atoms with Crippen LogP contribution in [0, 0.1) is 16.0 Å². The maximum atomic E-state index is 11.0. The molecule has 1 N–H and O–H groups in total. The second-order valence-corrected chi connectivity index (χ2v) is 5.70. The van der Waals surface area contributed by atoms with E-state index in [0.29, 0.717) is 21.6 Å². The predicted molar refractivity (Wildman–Crippen MR) is 69.2 cm³/mol. The van der Waals surface area contributed by atoms with Gasteiger partial charge >= 0.3 is 0 Å². The zero-order chi connectivity index (χ0) is 13.0. The van der Waals surface area contributed by atoms with Crippen molar-refractivity contribution in [2.24, 2.45) is 5.92 Å². The highest BCUT2D eigenvalue weighted by molar-refractivity contribution is 8.00. The Balaban J connectivity index is 3.02. The van der Waals surface area contributed by atoms with Gasteiger partial charge in [-0.2, -0.15) is 0 Å². The number of rotatable bonds is 5. The van der Waals surface area contributed by atoms with Crippen LogP contribution in [-0.2, 0) is 6.61 Å². The Morgan fingerprint density at radius 3 is 2.53 bits per heavy atom. The Hall–Kier alpha value is -1.07. The average Bonchev–Trinajstić information content (AvgIpc) is 2.29. The Labute approximate surface area is 105 Å². The lowest BCUT2D eigenvalue weighted by Crippen LogP contribution is -2.06. The molecule has 0 aromatic heterocycles. The Morgan fingerprint density at radius 2 is 2.06 bits per heavy atom. The first kappa shape index (κ1) is 14.0. The molecule has 5 heteroatoms. The minimum Gasteiger partial charge on any atom is -0.392 e. The molecular formula is C12H17NO3S. The van der Waals surface area contributed by atoms with Crippen LogP contribution in [0.5, 0.6) is 0 Å². The van der Waals surface area contributed by atoms with Gasteiger partial charge < -0.3 is 5.11 Å². The van der Waals surface area contributed by atoms with Crippen molar-refractivity contribution in [2.45, 2.75) is 37.5 Å². The molecule has 0 saturated carbocycles. The van der Waals surface area contributed by atoms with E-state index < -0.39 is 4.92 Å². The number of aliphatic hydroxyl groups excluding tert-OH is 1. The summed E-state index contributed by atoms with van der Waals surface area (Å²) in [6.07, 6.45) is 0. The highest BCUT2D eigenvalue weighted by Crippen LogP contribution is 2.35. The third-order valence-corrected chi connectivity index (χ3v) is 4.17. The zero-order valence-corrected chi connectivity index (χ0v) is 11.0. The summed E-state index contributed by atoms with van der Waals surface area (Å²) in [5.41, 5.74) is 0.646. The number of benzene rings is 1. The van der Waals surface area contributed by atoms with Gasteiger partial charge in [-0.15, -0.1) is 11.8 Å². The van der Waals surface area contributed by atoms with Crippen molar-refractivity contribution in [3.05, 3.63) is 33.9 Å². The third kappa shape index (κ3) is 3.71. The van der Waals surface area contributed by atoms with E-state index in [1.807, 2.05) is 0 Å². The van der Waals surface area contributed by atoms with Crippen LogP contribution < -0.4 is 0 Å². The van der Waals surface area contributed by atoms with Gasteiger partial charge in [0, 0.05) is 11.3 Å². The molecule has 0 aliphatic rings. The van der Waals surface area contributed by atoms with Gasteiger partial charge in [-0.1, -0.05) is 26.8 Å². The second-order valence-electron chi connectivity index (χ2n) is 4.28. The molecule has 1 atom stereocenters. The fourth-order valence-corrected chi connectivity index (χ4v) is 2.31. The molecule has 94 valence electrons. The number of thioether (sulfide) groups is 1. The quantitative estimate of drug-likeness (QED) is 0.498. The molecule has 0 aliphatic carbocycles. The lowest BCUT2D eigenvalue weighted by molar-refractivity contribution is -0.387. The SMILES string of the molecule is CC(C)C(C)Sc1ccc(CO)cc1[N+](=O)[O-]. The summed E-state index contributed by atoms with van der Waals surface area (Å²) in [5, 5.41) is 20.2. The van der Waals surface area contributed by atoms with Crippen LogP contribution in [0.4, 0.5) is 5.69 Å². The van der Waals surface area contributed by atoms with E-state index in [1.165, 1.54) is 17.8 Å². The molecule has 0 spiro atoms. The normalized spacial score (nSPS) is 12.8. The summed E-state index contributed by atoms with van der Waals surface area (Å²) < 4.78 is 0. The van der Waals surface area contributed by atoms with E-state index in [9.17, 15) is 10.1 Å². The summed E-state index contributed by atoms with van der Waals surface area (Å²) in [6.45, 7) is 6.06. The highest BCUT2D eigenvalue weighted by atomic mass is 32.2. The van der Waals surface area contributed by atoms with Gasteiger partial charge in [0.15, 0.2) is 0 Å². The molecule has 1 rings (SSSR count). The lowest BCUT2D eigenvalue weighted by atomic mass is 10.2. The van der Waals surface area contributed by atoms with Crippen LogP contribution in [0.25, 0.3) is 0 Å². The molecule has 1 unspecified atom stereocenters.